The topological polar surface area (TPSA) is 29.9 Å². The Morgan fingerprint density at radius 3 is 2.60 bits per heavy atom. The van der Waals surface area contributed by atoms with Gasteiger partial charge in [-0.25, -0.2) is 0 Å². The molecule has 1 N–H and O–H groups in total. The molecule has 1 saturated heterocycles. The molecule has 20 heavy (non-hydrogen) atoms. The Labute approximate surface area is 121 Å². The second-order valence-electron chi connectivity index (χ2n) is 5.94. The van der Waals surface area contributed by atoms with Crippen LogP contribution in [0.2, 0.25) is 0 Å². The molecule has 0 radical (unpaired) electrons. The Hall–Kier alpha value is -1.61. The maximum Gasteiger partial charge on any atom is 0.0734 e. The lowest BCUT2D eigenvalue weighted by Gasteiger charge is -2.22. The molecule has 0 atom stereocenters. The van der Waals surface area contributed by atoms with Gasteiger partial charge in [0, 0.05) is 24.7 Å². The molecule has 0 aliphatic carbocycles. The molecule has 1 aliphatic heterocycles. The number of nitrogens with one attached hydrogen (secondary N) is 1. The van der Waals surface area contributed by atoms with E-state index in [0.29, 0.717) is 5.92 Å². The number of nitrogens with zero attached hydrogens (tertiary/aromatic N) is 2. The Balaban J connectivity index is 2.04. The van der Waals surface area contributed by atoms with Gasteiger partial charge in [0.1, 0.15) is 0 Å². The summed E-state index contributed by atoms with van der Waals surface area (Å²) in [6.45, 7) is 6.55. The molecular formula is C17H23N3. The molecule has 0 unspecified atom stereocenters. The second-order valence-corrected chi connectivity index (χ2v) is 5.94. The summed E-state index contributed by atoms with van der Waals surface area (Å²) >= 11 is 0. The minimum atomic E-state index is 0.591. The lowest BCUT2D eigenvalue weighted by atomic mass is 9.89. The van der Waals surface area contributed by atoms with Crippen LogP contribution in [0.3, 0.4) is 0 Å². The quantitative estimate of drug-likeness (QED) is 0.907. The van der Waals surface area contributed by atoms with Crippen LogP contribution in [0.4, 0.5) is 0 Å². The largest absolute Gasteiger partial charge is 0.317 e. The van der Waals surface area contributed by atoms with E-state index < -0.39 is 0 Å². The third-order valence-electron chi connectivity index (χ3n) is 4.26. The van der Waals surface area contributed by atoms with Crippen molar-refractivity contribution < 1.29 is 0 Å². The molecule has 2 aromatic rings. The summed E-state index contributed by atoms with van der Waals surface area (Å²) in [5.41, 5.74) is 6.59. The van der Waals surface area contributed by atoms with Crippen molar-refractivity contribution in [3.63, 3.8) is 0 Å². The highest BCUT2D eigenvalue weighted by Crippen LogP contribution is 2.34. The first-order chi connectivity index (χ1) is 9.65. The molecule has 1 aliphatic rings. The number of piperidine rings is 1. The van der Waals surface area contributed by atoms with E-state index >= 15 is 0 Å². The van der Waals surface area contributed by atoms with Gasteiger partial charge < -0.3 is 5.32 Å². The van der Waals surface area contributed by atoms with Crippen molar-refractivity contribution in [2.45, 2.75) is 32.6 Å². The number of rotatable bonds is 2. The SMILES string of the molecule is Cc1ccc(-c2cn(C)nc2C2CCNCC2)c(C)c1. The third kappa shape index (κ3) is 2.50. The molecule has 1 fully saturated rings. The monoisotopic (exact) mass is 269 g/mol. The van der Waals surface area contributed by atoms with Gasteiger partial charge in [-0.2, -0.15) is 5.10 Å². The Morgan fingerprint density at radius 1 is 1.15 bits per heavy atom. The molecule has 0 spiro atoms. The van der Waals surface area contributed by atoms with Crippen molar-refractivity contribution in [2.75, 3.05) is 13.1 Å². The van der Waals surface area contributed by atoms with Crippen LogP contribution in [0.5, 0.6) is 0 Å². The lowest BCUT2D eigenvalue weighted by molar-refractivity contribution is 0.450. The first kappa shape index (κ1) is 13.4. The van der Waals surface area contributed by atoms with Crippen molar-refractivity contribution >= 4 is 0 Å². The molecule has 3 rings (SSSR count). The van der Waals surface area contributed by atoms with Gasteiger partial charge in [0.25, 0.3) is 0 Å². The van der Waals surface area contributed by atoms with E-state index in [-0.39, 0.29) is 0 Å². The lowest BCUT2D eigenvalue weighted by Crippen LogP contribution is -2.27. The zero-order chi connectivity index (χ0) is 14.1. The number of benzene rings is 1. The van der Waals surface area contributed by atoms with Crippen LogP contribution < -0.4 is 5.32 Å². The van der Waals surface area contributed by atoms with Crippen LogP contribution in [-0.2, 0) is 7.05 Å². The predicted octanol–water partition coefficient (Wildman–Crippen LogP) is 3.17. The predicted molar refractivity (Wildman–Crippen MR) is 83.0 cm³/mol. The summed E-state index contributed by atoms with van der Waals surface area (Å²) in [6.07, 6.45) is 4.55. The van der Waals surface area contributed by atoms with Gasteiger partial charge in [0.2, 0.25) is 0 Å². The standard InChI is InChI=1S/C17H23N3/c1-12-4-5-15(13(2)10-12)16-11-20(3)19-17(16)14-6-8-18-9-7-14/h4-5,10-11,14,18H,6-9H2,1-3H3. The normalized spacial score (nSPS) is 16.6. The Bertz CT molecular complexity index is 607. The number of aromatic nitrogens is 2. The summed E-state index contributed by atoms with van der Waals surface area (Å²) in [7, 11) is 2.03. The van der Waals surface area contributed by atoms with Crippen molar-refractivity contribution in [3.8, 4) is 11.1 Å². The van der Waals surface area contributed by atoms with Gasteiger partial charge in [-0.3, -0.25) is 4.68 Å². The van der Waals surface area contributed by atoms with Gasteiger partial charge in [-0.15, -0.1) is 0 Å². The third-order valence-corrected chi connectivity index (χ3v) is 4.26. The molecule has 3 heteroatoms. The molecule has 2 heterocycles. The van der Waals surface area contributed by atoms with E-state index in [1.54, 1.807) is 0 Å². The van der Waals surface area contributed by atoms with Gasteiger partial charge in [-0.1, -0.05) is 23.8 Å². The zero-order valence-electron chi connectivity index (χ0n) is 12.6. The minimum absolute atomic E-state index is 0.591. The van der Waals surface area contributed by atoms with Crippen LogP contribution in [0.25, 0.3) is 11.1 Å². The summed E-state index contributed by atoms with van der Waals surface area (Å²) in [5, 5.41) is 8.20. The average molecular weight is 269 g/mol. The average Bonchev–Trinajstić information content (AvgIpc) is 2.81. The summed E-state index contributed by atoms with van der Waals surface area (Å²) < 4.78 is 1.96. The van der Waals surface area contributed by atoms with Crippen LogP contribution in [0, 0.1) is 13.8 Å². The fraction of sp³-hybridized carbons (Fsp3) is 0.471. The van der Waals surface area contributed by atoms with Crippen LogP contribution >= 0.6 is 0 Å². The first-order valence-electron chi connectivity index (χ1n) is 7.47. The van der Waals surface area contributed by atoms with Gasteiger partial charge in [-0.05, 0) is 50.9 Å². The van der Waals surface area contributed by atoms with E-state index in [0.717, 1.165) is 13.1 Å². The maximum atomic E-state index is 4.76. The van der Waals surface area contributed by atoms with E-state index in [4.69, 9.17) is 5.10 Å². The molecule has 106 valence electrons. The van der Waals surface area contributed by atoms with E-state index in [1.165, 1.54) is 40.8 Å². The van der Waals surface area contributed by atoms with E-state index in [2.05, 4.69) is 43.6 Å². The van der Waals surface area contributed by atoms with Gasteiger partial charge in [0.05, 0.1) is 5.69 Å². The van der Waals surface area contributed by atoms with Gasteiger partial charge >= 0.3 is 0 Å². The summed E-state index contributed by atoms with van der Waals surface area (Å²) in [4.78, 5) is 0. The van der Waals surface area contributed by atoms with E-state index in [9.17, 15) is 0 Å². The Kier molecular flexibility index (Phi) is 3.62. The van der Waals surface area contributed by atoms with Crippen molar-refractivity contribution in [3.05, 3.63) is 41.2 Å². The van der Waals surface area contributed by atoms with E-state index in [1.807, 2.05) is 11.7 Å². The number of hydrogen-bond acceptors (Lipinski definition) is 2. The van der Waals surface area contributed by atoms with Crippen molar-refractivity contribution in [1.82, 2.24) is 15.1 Å². The van der Waals surface area contributed by atoms with Gasteiger partial charge in [0.15, 0.2) is 0 Å². The van der Waals surface area contributed by atoms with Crippen LogP contribution in [-0.4, -0.2) is 22.9 Å². The first-order valence-corrected chi connectivity index (χ1v) is 7.47. The Morgan fingerprint density at radius 2 is 1.90 bits per heavy atom. The molecule has 0 bridgehead atoms. The summed E-state index contributed by atoms with van der Waals surface area (Å²) in [6, 6.07) is 6.70. The van der Waals surface area contributed by atoms with Crippen molar-refractivity contribution in [2.24, 2.45) is 7.05 Å². The molecule has 1 aromatic heterocycles. The highest BCUT2D eigenvalue weighted by molar-refractivity contribution is 5.69. The maximum absolute atomic E-state index is 4.76. The van der Waals surface area contributed by atoms with Crippen LogP contribution in [0.15, 0.2) is 24.4 Å². The smallest absolute Gasteiger partial charge is 0.0734 e. The van der Waals surface area contributed by atoms with Crippen molar-refractivity contribution in [1.29, 1.82) is 0 Å². The highest BCUT2D eigenvalue weighted by Gasteiger charge is 2.22. The number of hydrogen-bond donors (Lipinski definition) is 1. The fourth-order valence-corrected chi connectivity index (χ4v) is 3.23. The molecule has 0 saturated carbocycles. The number of aryl methyl sites for hydroxylation is 3. The minimum Gasteiger partial charge on any atom is -0.317 e. The summed E-state index contributed by atoms with van der Waals surface area (Å²) in [5.74, 6) is 0.591. The molecular weight excluding hydrogens is 246 g/mol. The highest BCUT2D eigenvalue weighted by atomic mass is 15.3. The molecule has 1 aromatic carbocycles. The fourth-order valence-electron chi connectivity index (χ4n) is 3.23. The zero-order valence-corrected chi connectivity index (χ0v) is 12.6. The second kappa shape index (κ2) is 5.41. The molecule has 0 amide bonds. The van der Waals surface area contributed by atoms with Crippen LogP contribution in [0.1, 0.15) is 35.6 Å². The molecule has 3 nitrogen and oxygen atoms in total.